The Balaban J connectivity index is 1.64. The third kappa shape index (κ3) is 5.56. The summed E-state index contributed by atoms with van der Waals surface area (Å²) in [4.78, 5) is 41.6. The van der Waals surface area contributed by atoms with Crippen LogP contribution in [0.4, 0.5) is 5.69 Å². The lowest BCUT2D eigenvalue weighted by molar-refractivity contribution is -0.112. The summed E-state index contributed by atoms with van der Waals surface area (Å²) in [6.45, 7) is 1.94. The van der Waals surface area contributed by atoms with E-state index >= 15 is 0 Å². The van der Waals surface area contributed by atoms with Crippen LogP contribution in [0.3, 0.4) is 0 Å². The Hall–Kier alpha value is -4.78. The van der Waals surface area contributed by atoms with Crippen LogP contribution in [0.5, 0.6) is 5.75 Å². The van der Waals surface area contributed by atoms with E-state index in [9.17, 15) is 14.4 Å². The quantitative estimate of drug-likeness (QED) is 0.310. The van der Waals surface area contributed by atoms with Crippen LogP contribution in [-0.4, -0.2) is 31.7 Å². The van der Waals surface area contributed by atoms with Crippen molar-refractivity contribution in [3.63, 3.8) is 0 Å². The molecule has 37 heavy (non-hydrogen) atoms. The number of nitrogens with two attached hydrogens (primary N) is 1. The van der Waals surface area contributed by atoms with E-state index < -0.39 is 23.5 Å². The highest BCUT2D eigenvalue weighted by Gasteiger charge is 2.16. The molecule has 2 aromatic carbocycles. The number of nitrogens with one attached hydrogen (secondary N) is 2. The number of nitrogens with zero attached hydrogens (tertiary/aromatic N) is 6. The number of carbonyl (C=O) groups is 1. The van der Waals surface area contributed by atoms with Crippen molar-refractivity contribution >= 4 is 28.9 Å². The van der Waals surface area contributed by atoms with Crippen LogP contribution in [0.2, 0.25) is 5.02 Å². The number of hydrogen-bond acceptors (Lipinski definition) is 9. The summed E-state index contributed by atoms with van der Waals surface area (Å²) in [7, 11) is 0. The molecule has 4 N–H and O–H groups in total. The minimum Gasteiger partial charge on any atom is -0.466 e. The van der Waals surface area contributed by atoms with Crippen LogP contribution in [0.25, 0.3) is 0 Å². The van der Waals surface area contributed by atoms with Gasteiger partial charge in [-0.25, -0.2) is 24.7 Å². The minimum atomic E-state index is -0.772. The van der Waals surface area contributed by atoms with Crippen LogP contribution in [0.15, 0.2) is 85.5 Å². The Bertz CT molecular complexity index is 1580. The number of amides is 1. The molecule has 1 unspecified atom stereocenters. The van der Waals surface area contributed by atoms with Crippen molar-refractivity contribution in [1.29, 1.82) is 5.53 Å². The molecule has 1 atom stereocenters. The molecular formula is C23H22ClN9O4. The number of carbonyl (C=O) groups excluding carboxylic acids is 1. The van der Waals surface area contributed by atoms with E-state index in [1.54, 1.807) is 61.5 Å². The average molecular weight is 524 g/mol. The van der Waals surface area contributed by atoms with E-state index in [0.717, 1.165) is 14.8 Å². The van der Waals surface area contributed by atoms with Gasteiger partial charge in [0.05, 0.1) is 12.2 Å². The van der Waals surface area contributed by atoms with Crippen molar-refractivity contribution in [2.75, 3.05) is 5.84 Å². The molecule has 13 nitrogen and oxygen atoms in total. The Kier molecular flexibility index (Phi) is 7.44. The fraction of sp³-hybridized carbons (Fsp3) is 0.174. The largest absolute Gasteiger partial charge is 0.466 e. The Morgan fingerprint density at radius 2 is 1.84 bits per heavy atom. The molecule has 1 aliphatic rings. The van der Waals surface area contributed by atoms with Crippen molar-refractivity contribution in [2.24, 2.45) is 15.2 Å². The maximum absolute atomic E-state index is 13.1. The zero-order valence-corrected chi connectivity index (χ0v) is 20.3. The topological polar surface area (TPSA) is 174 Å². The average Bonchev–Trinajstić information content (AvgIpc) is 2.91. The molecule has 14 heteroatoms. The first-order valence-electron chi connectivity index (χ1n) is 11.0. The van der Waals surface area contributed by atoms with Crippen LogP contribution in [0.1, 0.15) is 12.5 Å². The smallest absolute Gasteiger partial charge is 0.353 e. The molecule has 0 aliphatic carbocycles. The molecule has 2 heterocycles. The second-order valence-corrected chi connectivity index (χ2v) is 8.17. The highest BCUT2D eigenvalue weighted by atomic mass is 35.5. The fourth-order valence-corrected chi connectivity index (χ4v) is 3.58. The first-order chi connectivity index (χ1) is 17.8. The molecule has 190 valence electrons. The summed E-state index contributed by atoms with van der Waals surface area (Å²) in [5.74, 6) is 5.75. The highest BCUT2D eigenvalue weighted by molar-refractivity contribution is 6.43. The van der Waals surface area contributed by atoms with Crippen LogP contribution >= 0.6 is 11.6 Å². The number of hydrogen-bond donors (Lipinski definition) is 3. The predicted octanol–water partition coefficient (Wildman–Crippen LogP) is 1.26. The van der Waals surface area contributed by atoms with Crippen LogP contribution in [0, 0.1) is 5.53 Å². The maximum atomic E-state index is 13.1. The van der Waals surface area contributed by atoms with E-state index in [-0.39, 0.29) is 24.4 Å². The van der Waals surface area contributed by atoms with Crippen LogP contribution in [-0.2, 0) is 17.9 Å². The number of nitrogen functional groups attached to an aromatic ring is 1. The summed E-state index contributed by atoms with van der Waals surface area (Å²) in [6.07, 6.45) is 2.31. The molecule has 1 aromatic heterocycles. The normalized spacial score (nSPS) is 15.1. The Morgan fingerprint density at radius 1 is 1.14 bits per heavy atom. The summed E-state index contributed by atoms with van der Waals surface area (Å²) in [5.41, 5.74) is 9.30. The molecule has 1 amide bonds. The molecule has 0 radical (unpaired) electrons. The molecule has 0 saturated carbocycles. The fourth-order valence-electron chi connectivity index (χ4n) is 3.45. The van der Waals surface area contributed by atoms with Gasteiger partial charge in [0.1, 0.15) is 5.75 Å². The number of aromatic nitrogens is 3. The van der Waals surface area contributed by atoms with Gasteiger partial charge in [0.25, 0.3) is 0 Å². The van der Waals surface area contributed by atoms with E-state index in [2.05, 4.69) is 20.6 Å². The van der Waals surface area contributed by atoms with E-state index in [0.29, 0.717) is 16.5 Å². The maximum Gasteiger partial charge on any atom is 0.353 e. The zero-order valence-electron chi connectivity index (χ0n) is 19.5. The molecule has 0 spiro atoms. The first kappa shape index (κ1) is 25.3. The Morgan fingerprint density at radius 3 is 2.43 bits per heavy atom. The molecule has 0 bridgehead atoms. The van der Waals surface area contributed by atoms with E-state index in [1.807, 2.05) is 0 Å². The number of ether oxygens (including phenoxy) is 1. The summed E-state index contributed by atoms with van der Waals surface area (Å²) in [5, 5.41) is 7.18. The SMILES string of the molecule is CCn1c(=O)n(N)/c(=N\c2ccc(OC3C=CC(C(=O)N=N)=NN3)cc2)n(Cc2ccc(Cl)cc2)c1=O. The second-order valence-electron chi connectivity index (χ2n) is 7.74. The van der Waals surface area contributed by atoms with Gasteiger partial charge >= 0.3 is 17.3 Å². The number of halogens is 1. The summed E-state index contributed by atoms with van der Waals surface area (Å²) >= 11 is 5.97. The molecular weight excluding hydrogens is 502 g/mol. The number of hydrazone groups is 1. The van der Waals surface area contributed by atoms with Crippen molar-refractivity contribution in [2.45, 2.75) is 26.2 Å². The van der Waals surface area contributed by atoms with Gasteiger partial charge < -0.3 is 10.6 Å². The number of rotatable bonds is 7. The lowest BCUT2D eigenvalue weighted by Crippen LogP contribution is -2.57. The van der Waals surface area contributed by atoms with Gasteiger partial charge in [-0.1, -0.05) is 23.7 Å². The first-order valence-corrected chi connectivity index (χ1v) is 11.4. The summed E-state index contributed by atoms with van der Waals surface area (Å²) < 4.78 is 8.92. The van der Waals surface area contributed by atoms with Gasteiger partial charge in [-0.15, -0.1) is 5.11 Å². The van der Waals surface area contributed by atoms with Crippen molar-refractivity contribution < 1.29 is 9.53 Å². The van der Waals surface area contributed by atoms with Crippen molar-refractivity contribution in [3.8, 4) is 5.75 Å². The van der Waals surface area contributed by atoms with Crippen LogP contribution < -0.4 is 33.0 Å². The van der Waals surface area contributed by atoms with Gasteiger partial charge in [-0.2, -0.15) is 9.78 Å². The van der Waals surface area contributed by atoms with Crippen molar-refractivity contribution in [1.82, 2.24) is 19.2 Å². The molecule has 4 rings (SSSR count). The minimum absolute atomic E-state index is 0.00580. The third-order valence-electron chi connectivity index (χ3n) is 5.32. The lowest BCUT2D eigenvalue weighted by Gasteiger charge is -2.18. The van der Waals surface area contributed by atoms with Gasteiger partial charge in [0.2, 0.25) is 11.8 Å². The molecule has 0 fully saturated rings. The highest BCUT2D eigenvalue weighted by Crippen LogP contribution is 2.19. The van der Waals surface area contributed by atoms with E-state index in [1.165, 1.54) is 10.6 Å². The van der Waals surface area contributed by atoms with Gasteiger partial charge in [-0.05, 0) is 61.0 Å². The zero-order chi connectivity index (χ0) is 26.5. The lowest BCUT2D eigenvalue weighted by atomic mass is 10.2. The predicted molar refractivity (Wildman–Crippen MR) is 135 cm³/mol. The molecule has 1 aliphatic heterocycles. The second kappa shape index (κ2) is 10.9. The van der Waals surface area contributed by atoms with Crippen molar-refractivity contribution in [3.05, 3.63) is 97.9 Å². The third-order valence-corrected chi connectivity index (χ3v) is 5.57. The molecule has 0 saturated heterocycles. The monoisotopic (exact) mass is 523 g/mol. The van der Waals surface area contributed by atoms with Gasteiger partial charge in [-0.3, -0.25) is 14.8 Å². The standard InChI is InChI=1S/C23H22ClN9O4/c1-2-31-22(35)32(13-14-3-5-15(24)6-4-14)21(33(26)23(31)36)27-16-7-9-17(10-8-16)37-19-12-11-18(29-30-19)20(34)28-25/h3-12,19,25,30H,2,13,26H2,1H3/b27-21-,28-25?. The Labute approximate surface area is 214 Å². The van der Waals surface area contributed by atoms with Gasteiger partial charge in [0, 0.05) is 11.6 Å². The summed E-state index contributed by atoms with van der Waals surface area (Å²) in [6, 6.07) is 13.5. The number of benzene rings is 2. The van der Waals surface area contributed by atoms with Gasteiger partial charge in [0.15, 0.2) is 5.71 Å². The molecule has 3 aromatic rings. The van der Waals surface area contributed by atoms with E-state index in [4.69, 9.17) is 27.7 Å².